The van der Waals surface area contributed by atoms with Gasteiger partial charge in [0.1, 0.15) is 12.1 Å². The second-order valence-corrected chi connectivity index (χ2v) is 5.55. The fourth-order valence-electron chi connectivity index (χ4n) is 2.55. The number of nitrogen functional groups attached to an aromatic ring is 1. The Kier molecular flexibility index (Phi) is 4.79. The second-order valence-electron chi connectivity index (χ2n) is 5.55. The van der Waals surface area contributed by atoms with Gasteiger partial charge < -0.3 is 15.5 Å². The molecule has 0 saturated heterocycles. The van der Waals surface area contributed by atoms with E-state index in [4.69, 9.17) is 10.2 Å². The normalized spacial score (nSPS) is 11.5. The lowest BCUT2D eigenvalue weighted by Gasteiger charge is -2.15. The van der Waals surface area contributed by atoms with Crippen molar-refractivity contribution in [1.82, 2.24) is 15.0 Å². The molecule has 2 heterocycles. The maximum atomic E-state index is 13.0. The quantitative estimate of drug-likeness (QED) is 0.714. The van der Waals surface area contributed by atoms with Crippen LogP contribution in [0.1, 0.15) is 23.7 Å². The summed E-state index contributed by atoms with van der Waals surface area (Å²) < 4.78 is 43.8. The Morgan fingerprint density at radius 2 is 2.00 bits per heavy atom. The van der Waals surface area contributed by atoms with Gasteiger partial charge in [-0.05, 0) is 29.7 Å². The molecule has 0 atom stereocenters. The number of anilines is 2. The van der Waals surface area contributed by atoms with Gasteiger partial charge in [0.25, 0.3) is 0 Å². The maximum Gasteiger partial charge on any atom is 0.416 e. The van der Waals surface area contributed by atoms with E-state index in [-0.39, 0.29) is 5.95 Å². The average Bonchev–Trinajstić information content (AvgIpc) is 3.12. The molecule has 0 spiro atoms. The Morgan fingerprint density at radius 3 is 2.65 bits per heavy atom. The van der Waals surface area contributed by atoms with E-state index in [0.717, 1.165) is 12.1 Å². The van der Waals surface area contributed by atoms with E-state index in [1.165, 1.54) is 24.9 Å². The maximum absolute atomic E-state index is 13.0. The highest BCUT2D eigenvalue weighted by molar-refractivity contribution is 5.77. The Labute approximate surface area is 147 Å². The first-order valence-electron chi connectivity index (χ1n) is 7.82. The first-order valence-corrected chi connectivity index (χ1v) is 7.82. The Balaban J connectivity index is 2.00. The van der Waals surface area contributed by atoms with Crippen molar-refractivity contribution >= 4 is 11.8 Å². The van der Waals surface area contributed by atoms with E-state index in [1.54, 1.807) is 6.92 Å². The van der Waals surface area contributed by atoms with Gasteiger partial charge in [-0.25, -0.2) is 9.97 Å². The van der Waals surface area contributed by atoms with E-state index in [2.05, 4.69) is 20.3 Å². The lowest BCUT2D eigenvalue weighted by Crippen LogP contribution is -2.08. The molecule has 0 saturated carbocycles. The number of oxazole rings is 1. The summed E-state index contributed by atoms with van der Waals surface area (Å²) >= 11 is 0. The number of halogens is 3. The molecule has 0 amide bonds. The van der Waals surface area contributed by atoms with Gasteiger partial charge in [0.2, 0.25) is 5.95 Å². The fraction of sp³-hybridized carbons (Fsp3) is 0.235. The van der Waals surface area contributed by atoms with E-state index in [0.29, 0.717) is 41.2 Å². The highest BCUT2D eigenvalue weighted by Gasteiger charge is 2.31. The molecule has 0 unspecified atom stereocenters. The average molecular weight is 363 g/mol. The van der Waals surface area contributed by atoms with Gasteiger partial charge in [0.15, 0.2) is 6.39 Å². The summed E-state index contributed by atoms with van der Waals surface area (Å²) in [6, 6.07) is 3.62. The molecule has 0 radical (unpaired) electrons. The Hall–Kier alpha value is -3.10. The van der Waals surface area contributed by atoms with Crippen LogP contribution in [0.15, 0.2) is 41.5 Å². The molecule has 2 aromatic heterocycles. The topological polar surface area (TPSA) is 89.9 Å². The van der Waals surface area contributed by atoms with Crippen LogP contribution in [0.2, 0.25) is 0 Å². The molecule has 3 aromatic rings. The van der Waals surface area contributed by atoms with Gasteiger partial charge in [-0.15, -0.1) is 0 Å². The first-order chi connectivity index (χ1) is 12.4. The summed E-state index contributed by atoms with van der Waals surface area (Å²) in [7, 11) is 0. The number of nitrogens with one attached hydrogen (secondary N) is 1. The molecular formula is C17H16F3N5O. The van der Waals surface area contributed by atoms with E-state index in [9.17, 15) is 13.2 Å². The number of nitrogens with two attached hydrogens (primary N) is 1. The van der Waals surface area contributed by atoms with Gasteiger partial charge in [0.05, 0.1) is 17.8 Å². The summed E-state index contributed by atoms with van der Waals surface area (Å²) in [5.41, 5.74) is 7.34. The highest BCUT2D eigenvalue weighted by atomic mass is 19.4. The lowest BCUT2D eigenvalue weighted by atomic mass is 9.97. The monoisotopic (exact) mass is 363 g/mol. The van der Waals surface area contributed by atoms with Gasteiger partial charge in [0, 0.05) is 11.8 Å². The molecule has 0 aliphatic carbocycles. The fourth-order valence-corrected chi connectivity index (χ4v) is 2.55. The molecule has 0 aliphatic rings. The Morgan fingerprint density at radius 1 is 1.19 bits per heavy atom. The zero-order valence-corrected chi connectivity index (χ0v) is 13.8. The van der Waals surface area contributed by atoms with Gasteiger partial charge in [-0.3, -0.25) is 0 Å². The largest absolute Gasteiger partial charge is 0.451 e. The smallest absolute Gasteiger partial charge is 0.416 e. The van der Waals surface area contributed by atoms with Crippen LogP contribution in [-0.4, -0.2) is 15.0 Å². The summed E-state index contributed by atoms with van der Waals surface area (Å²) in [6.45, 7) is 2.11. The molecule has 1 aromatic carbocycles. The third-order valence-electron chi connectivity index (χ3n) is 3.83. The van der Waals surface area contributed by atoms with E-state index < -0.39 is 11.7 Å². The SMILES string of the molecule is CCc1cc(C(F)(F)F)ccc1-c1cnc(N)nc1NCc1cocn1. The third kappa shape index (κ3) is 3.76. The van der Waals surface area contributed by atoms with Crippen LogP contribution < -0.4 is 11.1 Å². The number of aromatic nitrogens is 3. The summed E-state index contributed by atoms with van der Waals surface area (Å²) in [4.78, 5) is 12.1. The first kappa shape index (κ1) is 17.7. The summed E-state index contributed by atoms with van der Waals surface area (Å²) in [5, 5.41) is 3.08. The number of benzene rings is 1. The number of rotatable bonds is 5. The van der Waals surface area contributed by atoms with Crippen molar-refractivity contribution in [3.8, 4) is 11.1 Å². The summed E-state index contributed by atoms with van der Waals surface area (Å²) in [5.74, 6) is 0.469. The van der Waals surface area contributed by atoms with Crippen LogP contribution in [0.4, 0.5) is 24.9 Å². The molecule has 26 heavy (non-hydrogen) atoms. The van der Waals surface area contributed by atoms with Gasteiger partial charge in [-0.1, -0.05) is 13.0 Å². The molecule has 3 N–H and O–H groups in total. The van der Waals surface area contributed by atoms with E-state index >= 15 is 0 Å². The molecular weight excluding hydrogens is 347 g/mol. The number of nitrogens with zero attached hydrogens (tertiary/aromatic N) is 3. The van der Waals surface area contributed by atoms with Crippen LogP contribution >= 0.6 is 0 Å². The molecule has 9 heteroatoms. The molecule has 3 rings (SSSR count). The molecule has 0 fully saturated rings. The van der Waals surface area contributed by atoms with Crippen LogP contribution in [0.5, 0.6) is 0 Å². The van der Waals surface area contributed by atoms with E-state index in [1.807, 2.05) is 0 Å². The molecule has 0 bridgehead atoms. The minimum absolute atomic E-state index is 0.0568. The van der Waals surface area contributed by atoms with Crippen molar-refractivity contribution in [2.24, 2.45) is 0 Å². The minimum atomic E-state index is -4.39. The highest BCUT2D eigenvalue weighted by Crippen LogP contribution is 2.35. The standard InChI is InChI=1S/C17H16F3N5O/c1-2-10-5-11(17(18,19)20)3-4-13(10)14-7-23-16(21)25-15(14)22-6-12-8-26-9-24-12/h3-5,7-9H,2,6H2,1H3,(H3,21,22,23,25). The zero-order chi connectivity index (χ0) is 18.7. The van der Waals surface area contributed by atoms with Crippen molar-refractivity contribution in [3.63, 3.8) is 0 Å². The number of alkyl halides is 3. The third-order valence-corrected chi connectivity index (χ3v) is 3.83. The van der Waals surface area contributed by atoms with Crippen LogP contribution in [0.3, 0.4) is 0 Å². The van der Waals surface area contributed by atoms with Crippen LogP contribution in [0, 0.1) is 0 Å². The van der Waals surface area contributed by atoms with Crippen LogP contribution in [0.25, 0.3) is 11.1 Å². The Bertz CT molecular complexity index is 894. The number of hydrogen-bond acceptors (Lipinski definition) is 6. The minimum Gasteiger partial charge on any atom is -0.451 e. The summed E-state index contributed by atoms with van der Waals surface area (Å²) in [6.07, 6.45) is 0.305. The van der Waals surface area contributed by atoms with Crippen LogP contribution in [-0.2, 0) is 19.1 Å². The molecule has 6 nitrogen and oxygen atoms in total. The predicted molar refractivity (Wildman–Crippen MR) is 90.1 cm³/mol. The second kappa shape index (κ2) is 7.03. The van der Waals surface area contributed by atoms with Crippen molar-refractivity contribution < 1.29 is 17.6 Å². The van der Waals surface area contributed by atoms with Crippen molar-refractivity contribution in [1.29, 1.82) is 0 Å². The van der Waals surface area contributed by atoms with Crippen molar-refractivity contribution in [3.05, 3.63) is 53.9 Å². The zero-order valence-electron chi connectivity index (χ0n) is 13.8. The van der Waals surface area contributed by atoms with Crippen molar-refractivity contribution in [2.45, 2.75) is 26.1 Å². The predicted octanol–water partition coefficient (Wildman–Crippen LogP) is 3.91. The van der Waals surface area contributed by atoms with Gasteiger partial charge in [-0.2, -0.15) is 18.2 Å². The molecule has 0 aliphatic heterocycles. The van der Waals surface area contributed by atoms with Gasteiger partial charge >= 0.3 is 6.18 Å². The number of hydrogen-bond donors (Lipinski definition) is 2. The lowest BCUT2D eigenvalue weighted by molar-refractivity contribution is -0.137. The van der Waals surface area contributed by atoms with Crippen molar-refractivity contribution in [2.75, 3.05) is 11.1 Å². The molecule has 136 valence electrons. The number of aryl methyl sites for hydroxylation is 1.